The Labute approximate surface area is 302 Å². The van der Waals surface area contributed by atoms with E-state index in [1.807, 2.05) is 18.2 Å². The molecule has 0 aliphatic carbocycles. The first-order valence-corrected chi connectivity index (χ1v) is 19.7. The van der Waals surface area contributed by atoms with E-state index in [1.165, 1.54) is 43.9 Å². The summed E-state index contributed by atoms with van der Waals surface area (Å²) < 4.78 is 52.3. The Hall–Kier alpha value is -3.43. The van der Waals surface area contributed by atoms with Gasteiger partial charge < -0.3 is 9.47 Å². The molecule has 2 saturated heterocycles. The van der Waals surface area contributed by atoms with Crippen LogP contribution in [-0.2, 0) is 15.3 Å². The molecule has 2 fully saturated rings. The molecule has 2 atom stereocenters. The lowest BCUT2D eigenvalue weighted by molar-refractivity contribution is -0.126. The second kappa shape index (κ2) is 16.3. The number of piperidine rings is 2. The largest absolute Gasteiger partial charge is 0.494 e. The number of nitrogens with zero attached hydrogens (tertiary/aromatic N) is 2. The van der Waals surface area contributed by atoms with E-state index in [0.29, 0.717) is 36.1 Å². The van der Waals surface area contributed by atoms with Crippen molar-refractivity contribution in [2.75, 3.05) is 26.3 Å². The first kappa shape index (κ1) is 36.4. The highest BCUT2D eigenvalue weighted by atomic mass is 35.5. The van der Waals surface area contributed by atoms with Crippen LogP contribution in [0.15, 0.2) is 107 Å². The van der Waals surface area contributed by atoms with Crippen LogP contribution in [-0.4, -0.2) is 56.8 Å². The van der Waals surface area contributed by atoms with E-state index in [4.69, 9.17) is 21.1 Å². The molecule has 6 nitrogen and oxygen atoms in total. The molecule has 9 heteroatoms. The number of halogens is 2. The first-order valence-electron chi connectivity index (χ1n) is 17.9. The molecule has 0 saturated carbocycles. The van der Waals surface area contributed by atoms with Gasteiger partial charge >= 0.3 is 0 Å². The zero-order valence-corrected chi connectivity index (χ0v) is 30.6. The molecule has 0 amide bonds. The molecule has 0 radical (unpaired) electrons. The van der Waals surface area contributed by atoms with Gasteiger partial charge in [0.05, 0.1) is 23.0 Å². The summed E-state index contributed by atoms with van der Waals surface area (Å²) in [5.41, 5.74) is 1.75. The quantitative estimate of drug-likeness (QED) is 0.137. The Morgan fingerprint density at radius 1 is 0.700 bits per heavy atom. The molecular formula is C41H48ClFN2O4S. The fraction of sp³-hybridized carbons (Fsp3) is 0.415. The summed E-state index contributed by atoms with van der Waals surface area (Å²) in [6, 6.07) is 28.8. The highest BCUT2D eigenvalue weighted by molar-refractivity contribution is 7.91. The lowest BCUT2D eigenvalue weighted by atomic mass is 9.78. The molecule has 0 aromatic heterocycles. The molecular weight excluding hydrogens is 671 g/mol. The summed E-state index contributed by atoms with van der Waals surface area (Å²) in [7, 11) is -3.62. The Bertz CT molecular complexity index is 1800. The van der Waals surface area contributed by atoms with Crippen molar-refractivity contribution in [3.05, 3.63) is 119 Å². The van der Waals surface area contributed by atoms with Gasteiger partial charge in [-0.3, -0.25) is 0 Å². The molecule has 2 aliphatic heterocycles. The van der Waals surface area contributed by atoms with Crippen LogP contribution in [0.5, 0.6) is 11.5 Å². The molecule has 2 unspecified atom stereocenters. The number of rotatable bonds is 13. The summed E-state index contributed by atoms with van der Waals surface area (Å²) in [6.07, 6.45) is 9.01. The maximum absolute atomic E-state index is 13.9. The second-order valence-electron chi connectivity index (χ2n) is 14.0. The Morgan fingerprint density at radius 3 is 1.72 bits per heavy atom. The fourth-order valence-electron chi connectivity index (χ4n) is 7.34. The minimum Gasteiger partial charge on any atom is -0.494 e. The van der Waals surface area contributed by atoms with Crippen molar-refractivity contribution in [1.82, 2.24) is 10.0 Å². The van der Waals surface area contributed by atoms with Crippen molar-refractivity contribution in [2.45, 2.75) is 92.5 Å². The van der Waals surface area contributed by atoms with Crippen molar-refractivity contribution in [3.8, 4) is 11.5 Å². The van der Waals surface area contributed by atoms with Gasteiger partial charge in [-0.25, -0.2) is 22.8 Å². The van der Waals surface area contributed by atoms with Crippen LogP contribution in [0, 0.1) is 5.82 Å². The highest BCUT2D eigenvalue weighted by Crippen LogP contribution is 2.34. The summed E-state index contributed by atoms with van der Waals surface area (Å²) in [4.78, 5) is 0.445. The van der Waals surface area contributed by atoms with Gasteiger partial charge in [0, 0.05) is 35.6 Å². The van der Waals surface area contributed by atoms with Gasteiger partial charge in [0.25, 0.3) is 0 Å². The van der Waals surface area contributed by atoms with E-state index in [9.17, 15) is 12.8 Å². The van der Waals surface area contributed by atoms with Gasteiger partial charge in [-0.05, 0) is 122 Å². The zero-order chi connectivity index (χ0) is 35.1. The molecule has 2 heterocycles. The lowest BCUT2D eigenvalue weighted by Gasteiger charge is -2.48. The van der Waals surface area contributed by atoms with Crippen LogP contribution in [0.4, 0.5) is 4.39 Å². The number of hydrazine groups is 1. The van der Waals surface area contributed by atoms with Crippen LogP contribution in [0.25, 0.3) is 0 Å². The molecule has 2 aliphatic rings. The normalized spacial score (nSPS) is 19.3. The standard InChI is InChI=1S/C41H48ClFN2O4S/c1-41(2,32-8-7-9-34(43)30-32)31-12-16-37(17-13-31)48-28-24-35-10-3-5-26-44(35)45-27-6-4-11-36(45)25-29-49-38-18-22-40(23-19-38)50(46,47)39-20-14-33(42)15-21-39/h7-9,12-23,30,35-36H,3-6,10-11,24-29H2,1-2H3. The third-order valence-corrected chi connectivity index (χ3v) is 12.4. The Kier molecular flexibility index (Phi) is 11.8. The van der Waals surface area contributed by atoms with Crippen molar-refractivity contribution in [1.29, 1.82) is 0 Å². The molecule has 266 valence electrons. The molecule has 4 aromatic rings. The van der Waals surface area contributed by atoms with Crippen molar-refractivity contribution < 1.29 is 22.3 Å². The number of hydrogen-bond acceptors (Lipinski definition) is 6. The van der Waals surface area contributed by atoms with Gasteiger partial charge in [-0.1, -0.05) is 62.6 Å². The first-order chi connectivity index (χ1) is 24.1. The van der Waals surface area contributed by atoms with Crippen LogP contribution < -0.4 is 9.47 Å². The predicted molar refractivity (Wildman–Crippen MR) is 197 cm³/mol. The summed E-state index contributed by atoms with van der Waals surface area (Å²) >= 11 is 5.94. The van der Waals surface area contributed by atoms with Crippen LogP contribution in [0.3, 0.4) is 0 Å². The average molecular weight is 719 g/mol. The third-order valence-electron chi connectivity index (χ3n) is 10.3. The SMILES string of the molecule is CC(C)(c1ccc(OCCC2CCCCN2N2CCCCC2CCOc2ccc(S(=O)(=O)c3ccc(Cl)cc3)cc2)cc1)c1cccc(F)c1. The number of sulfone groups is 1. The molecule has 0 bridgehead atoms. The third kappa shape index (κ3) is 8.71. The summed E-state index contributed by atoms with van der Waals surface area (Å²) in [5, 5.41) is 5.73. The lowest BCUT2D eigenvalue weighted by Crippen LogP contribution is -2.57. The average Bonchev–Trinajstić information content (AvgIpc) is 3.13. The van der Waals surface area contributed by atoms with E-state index in [-0.39, 0.29) is 21.0 Å². The number of ether oxygens (including phenoxy) is 2. The van der Waals surface area contributed by atoms with E-state index in [1.54, 1.807) is 48.5 Å². The molecule has 0 N–H and O–H groups in total. The van der Waals surface area contributed by atoms with E-state index < -0.39 is 9.84 Å². The number of benzene rings is 4. The summed E-state index contributed by atoms with van der Waals surface area (Å²) in [5.74, 6) is 1.31. The smallest absolute Gasteiger partial charge is 0.206 e. The highest BCUT2D eigenvalue weighted by Gasteiger charge is 2.33. The van der Waals surface area contributed by atoms with Crippen molar-refractivity contribution >= 4 is 21.4 Å². The van der Waals surface area contributed by atoms with Gasteiger partial charge in [0.2, 0.25) is 9.84 Å². The molecule has 50 heavy (non-hydrogen) atoms. The van der Waals surface area contributed by atoms with Gasteiger partial charge in [0.15, 0.2) is 0 Å². The Balaban J connectivity index is 1.01. The minimum absolute atomic E-state index is 0.215. The van der Waals surface area contributed by atoms with Crippen LogP contribution in [0.2, 0.25) is 5.02 Å². The Morgan fingerprint density at radius 2 is 1.20 bits per heavy atom. The van der Waals surface area contributed by atoms with Gasteiger partial charge in [-0.2, -0.15) is 0 Å². The molecule has 0 spiro atoms. The van der Waals surface area contributed by atoms with Crippen molar-refractivity contribution in [2.24, 2.45) is 0 Å². The fourth-order valence-corrected chi connectivity index (χ4v) is 8.72. The van der Waals surface area contributed by atoms with E-state index in [2.05, 4.69) is 36.0 Å². The molecule has 6 rings (SSSR count). The maximum atomic E-state index is 13.9. The monoisotopic (exact) mass is 718 g/mol. The predicted octanol–water partition coefficient (Wildman–Crippen LogP) is 9.50. The van der Waals surface area contributed by atoms with Crippen LogP contribution in [0.1, 0.15) is 76.3 Å². The zero-order valence-electron chi connectivity index (χ0n) is 29.1. The topological polar surface area (TPSA) is 59.1 Å². The number of hydrogen-bond donors (Lipinski definition) is 0. The molecule has 4 aromatic carbocycles. The van der Waals surface area contributed by atoms with Gasteiger partial charge in [0.1, 0.15) is 17.3 Å². The summed E-state index contributed by atoms with van der Waals surface area (Å²) in [6.45, 7) is 7.57. The maximum Gasteiger partial charge on any atom is 0.206 e. The van der Waals surface area contributed by atoms with Crippen molar-refractivity contribution in [3.63, 3.8) is 0 Å². The van der Waals surface area contributed by atoms with Crippen LogP contribution >= 0.6 is 11.6 Å². The second-order valence-corrected chi connectivity index (χ2v) is 16.4. The van der Waals surface area contributed by atoms with E-state index >= 15 is 0 Å². The minimum atomic E-state index is -3.62. The van der Waals surface area contributed by atoms with Gasteiger partial charge in [-0.15, -0.1) is 0 Å². The van der Waals surface area contributed by atoms with E-state index in [0.717, 1.165) is 55.6 Å².